The summed E-state index contributed by atoms with van der Waals surface area (Å²) in [7, 11) is 1.56. The van der Waals surface area contributed by atoms with Crippen molar-refractivity contribution in [3.63, 3.8) is 0 Å². The number of phenolic OH excluding ortho intramolecular Hbond substituents is 1. The molecule has 0 heterocycles. The Morgan fingerprint density at radius 1 is 1.33 bits per heavy atom. The number of aliphatic hydroxyl groups excluding tert-OH is 1. The van der Waals surface area contributed by atoms with Gasteiger partial charge in [-0.05, 0) is 31.4 Å². The van der Waals surface area contributed by atoms with Crippen LogP contribution in [0.15, 0.2) is 18.2 Å². The number of aliphatic hydroxyl groups is 1. The monoisotopic (exact) mass is 255 g/mol. The fourth-order valence-corrected chi connectivity index (χ4v) is 1.65. The number of nitrogens with zero attached hydrogens (tertiary/aromatic N) is 1. The zero-order valence-corrected chi connectivity index (χ0v) is 10.4. The third-order valence-corrected chi connectivity index (χ3v) is 2.70. The summed E-state index contributed by atoms with van der Waals surface area (Å²) in [5, 5.41) is 18.1. The molecule has 1 aromatic carbocycles. The molecule has 0 aliphatic rings. The van der Waals surface area contributed by atoms with E-state index in [9.17, 15) is 14.3 Å². The molecular weight excluding hydrogens is 237 g/mol. The van der Waals surface area contributed by atoms with Crippen LogP contribution in [-0.2, 0) is 0 Å². The van der Waals surface area contributed by atoms with Crippen LogP contribution in [0.25, 0.3) is 0 Å². The minimum Gasteiger partial charge on any atom is -0.507 e. The Labute approximate surface area is 106 Å². The maximum absolute atomic E-state index is 13.5. The predicted octanol–water partition coefficient (Wildman–Crippen LogP) is 1.77. The molecule has 0 aliphatic carbocycles. The number of carbonyl (C=O) groups is 1. The molecule has 0 saturated carbocycles. The molecule has 2 N–H and O–H groups in total. The quantitative estimate of drug-likeness (QED) is 0.761. The van der Waals surface area contributed by atoms with Crippen molar-refractivity contribution in [2.75, 3.05) is 20.2 Å². The molecule has 18 heavy (non-hydrogen) atoms. The largest absolute Gasteiger partial charge is 0.507 e. The van der Waals surface area contributed by atoms with Gasteiger partial charge in [-0.2, -0.15) is 0 Å². The van der Waals surface area contributed by atoms with Crippen LogP contribution in [0.3, 0.4) is 0 Å². The van der Waals surface area contributed by atoms with Crippen LogP contribution < -0.4 is 0 Å². The molecule has 1 rings (SSSR count). The van der Waals surface area contributed by atoms with Gasteiger partial charge in [-0.3, -0.25) is 4.79 Å². The van der Waals surface area contributed by atoms with Crippen molar-refractivity contribution in [3.05, 3.63) is 29.6 Å². The lowest BCUT2D eigenvalue weighted by atomic mass is 10.1. The Balaban J connectivity index is 2.63. The fourth-order valence-electron chi connectivity index (χ4n) is 1.65. The van der Waals surface area contributed by atoms with Gasteiger partial charge in [0.2, 0.25) is 0 Å². The van der Waals surface area contributed by atoms with Gasteiger partial charge in [-0.25, -0.2) is 4.39 Å². The van der Waals surface area contributed by atoms with Gasteiger partial charge < -0.3 is 15.1 Å². The Bertz CT molecular complexity index is 389. The van der Waals surface area contributed by atoms with E-state index in [1.807, 2.05) is 0 Å². The Hall–Kier alpha value is -1.62. The predicted molar refractivity (Wildman–Crippen MR) is 66.0 cm³/mol. The number of rotatable bonds is 6. The van der Waals surface area contributed by atoms with Crippen molar-refractivity contribution in [1.82, 2.24) is 4.90 Å². The van der Waals surface area contributed by atoms with Gasteiger partial charge in [0.15, 0.2) is 0 Å². The van der Waals surface area contributed by atoms with E-state index in [4.69, 9.17) is 5.11 Å². The highest BCUT2D eigenvalue weighted by Gasteiger charge is 2.19. The minimum absolute atomic E-state index is 0.131. The highest BCUT2D eigenvalue weighted by Crippen LogP contribution is 2.21. The van der Waals surface area contributed by atoms with E-state index in [-0.39, 0.29) is 17.9 Å². The molecule has 0 radical (unpaired) electrons. The molecule has 0 aliphatic heterocycles. The number of benzene rings is 1. The SMILES string of the molecule is CN(CCCCCO)C(=O)c1c(O)cccc1F. The Morgan fingerprint density at radius 2 is 2.06 bits per heavy atom. The van der Waals surface area contributed by atoms with Gasteiger partial charge >= 0.3 is 0 Å². The van der Waals surface area contributed by atoms with Gasteiger partial charge in [0.25, 0.3) is 5.91 Å². The molecule has 100 valence electrons. The summed E-state index contributed by atoms with van der Waals surface area (Å²) in [5.41, 5.74) is -0.290. The van der Waals surface area contributed by atoms with Crippen LogP contribution in [0, 0.1) is 5.82 Å². The second kappa shape index (κ2) is 6.96. The van der Waals surface area contributed by atoms with Gasteiger partial charge in [0.1, 0.15) is 17.1 Å². The van der Waals surface area contributed by atoms with Crippen molar-refractivity contribution < 1.29 is 19.4 Å². The van der Waals surface area contributed by atoms with E-state index in [1.54, 1.807) is 7.05 Å². The first-order chi connectivity index (χ1) is 8.57. The maximum Gasteiger partial charge on any atom is 0.260 e. The molecule has 0 aromatic heterocycles. The second-order valence-corrected chi connectivity index (χ2v) is 4.14. The molecule has 4 nitrogen and oxygen atoms in total. The van der Waals surface area contributed by atoms with E-state index >= 15 is 0 Å². The molecule has 1 aromatic rings. The van der Waals surface area contributed by atoms with Crippen molar-refractivity contribution in [2.24, 2.45) is 0 Å². The van der Waals surface area contributed by atoms with Gasteiger partial charge in [0.05, 0.1) is 0 Å². The number of carbonyl (C=O) groups excluding carboxylic acids is 1. The molecule has 0 fully saturated rings. The normalized spacial score (nSPS) is 10.4. The van der Waals surface area contributed by atoms with Gasteiger partial charge in [-0.1, -0.05) is 6.07 Å². The first-order valence-electron chi connectivity index (χ1n) is 5.91. The highest BCUT2D eigenvalue weighted by atomic mass is 19.1. The summed E-state index contributed by atoms with van der Waals surface area (Å²) in [5.74, 6) is -1.60. The second-order valence-electron chi connectivity index (χ2n) is 4.14. The molecule has 0 saturated heterocycles. The number of unbranched alkanes of at least 4 members (excludes halogenated alkanes) is 2. The zero-order chi connectivity index (χ0) is 13.5. The smallest absolute Gasteiger partial charge is 0.260 e. The first-order valence-corrected chi connectivity index (χ1v) is 5.91. The number of amides is 1. The maximum atomic E-state index is 13.5. The lowest BCUT2D eigenvalue weighted by molar-refractivity contribution is 0.0784. The van der Waals surface area contributed by atoms with E-state index in [2.05, 4.69) is 0 Å². The Morgan fingerprint density at radius 3 is 2.67 bits per heavy atom. The molecule has 0 spiro atoms. The third-order valence-electron chi connectivity index (χ3n) is 2.70. The van der Waals surface area contributed by atoms with Crippen molar-refractivity contribution in [3.8, 4) is 5.75 Å². The lowest BCUT2D eigenvalue weighted by Gasteiger charge is -2.18. The van der Waals surface area contributed by atoms with E-state index in [0.29, 0.717) is 13.0 Å². The van der Waals surface area contributed by atoms with Crippen molar-refractivity contribution >= 4 is 5.91 Å². The van der Waals surface area contributed by atoms with E-state index in [1.165, 1.54) is 17.0 Å². The van der Waals surface area contributed by atoms with Crippen LogP contribution in [0.5, 0.6) is 5.75 Å². The average Bonchev–Trinajstić information content (AvgIpc) is 2.34. The van der Waals surface area contributed by atoms with E-state index < -0.39 is 11.7 Å². The lowest BCUT2D eigenvalue weighted by Crippen LogP contribution is -2.28. The van der Waals surface area contributed by atoms with Crippen LogP contribution in [0.1, 0.15) is 29.6 Å². The van der Waals surface area contributed by atoms with Crippen LogP contribution in [-0.4, -0.2) is 41.2 Å². The molecule has 0 unspecified atom stereocenters. The molecule has 0 bridgehead atoms. The highest BCUT2D eigenvalue weighted by molar-refractivity contribution is 5.96. The summed E-state index contributed by atoms with van der Waals surface area (Å²) in [6.45, 7) is 0.596. The number of halogens is 1. The molecule has 0 atom stereocenters. The number of aromatic hydroxyl groups is 1. The standard InChI is InChI=1S/C13H18FNO3/c1-15(8-3-2-4-9-16)13(18)12-10(14)6-5-7-11(12)17/h5-7,16-17H,2-4,8-9H2,1H3. The summed E-state index contributed by atoms with van der Waals surface area (Å²) in [6.07, 6.45) is 2.22. The van der Waals surface area contributed by atoms with Crippen LogP contribution in [0.2, 0.25) is 0 Å². The topological polar surface area (TPSA) is 60.8 Å². The van der Waals surface area contributed by atoms with Crippen molar-refractivity contribution in [1.29, 1.82) is 0 Å². The van der Waals surface area contributed by atoms with Crippen LogP contribution in [0.4, 0.5) is 4.39 Å². The summed E-state index contributed by atoms with van der Waals surface area (Å²) >= 11 is 0. The zero-order valence-electron chi connectivity index (χ0n) is 10.4. The van der Waals surface area contributed by atoms with Gasteiger partial charge in [0, 0.05) is 20.2 Å². The summed E-state index contributed by atoms with van der Waals surface area (Å²) in [4.78, 5) is 13.3. The van der Waals surface area contributed by atoms with Crippen molar-refractivity contribution in [2.45, 2.75) is 19.3 Å². The molecule has 5 heteroatoms. The van der Waals surface area contributed by atoms with E-state index in [0.717, 1.165) is 18.9 Å². The Kier molecular flexibility index (Phi) is 5.58. The third kappa shape index (κ3) is 3.70. The number of phenols is 1. The van der Waals surface area contributed by atoms with Crippen LogP contribution >= 0.6 is 0 Å². The average molecular weight is 255 g/mol. The number of hydrogen-bond donors (Lipinski definition) is 2. The summed E-state index contributed by atoms with van der Waals surface area (Å²) < 4.78 is 13.5. The first kappa shape index (κ1) is 14.4. The number of hydrogen-bond acceptors (Lipinski definition) is 3. The molecular formula is C13H18FNO3. The summed E-state index contributed by atoms with van der Waals surface area (Å²) in [6, 6.07) is 3.78. The molecule has 1 amide bonds. The van der Waals surface area contributed by atoms with Gasteiger partial charge in [-0.15, -0.1) is 0 Å². The minimum atomic E-state index is -0.720. The fraction of sp³-hybridized carbons (Fsp3) is 0.462.